The van der Waals surface area contributed by atoms with Gasteiger partial charge in [-0.15, -0.1) is 0 Å². The summed E-state index contributed by atoms with van der Waals surface area (Å²) in [6.07, 6.45) is 2.75. The molecule has 0 saturated heterocycles. The van der Waals surface area contributed by atoms with Crippen LogP contribution in [0.15, 0.2) is 55.4 Å². The van der Waals surface area contributed by atoms with E-state index in [1.165, 1.54) is 0 Å². The Labute approximate surface area is 130 Å². The fourth-order valence-corrected chi connectivity index (χ4v) is 1.97. The average molecular weight is 296 g/mol. The molecule has 1 heterocycles. The Morgan fingerprint density at radius 2 is 1.86 bits per heavy atom. The highest BCUT2D eigenvalue weighted by Gasteiger charge is 2.18. The molecule has 0 atom stereocenters. The van der Waals surface area contributed by atoms with Crippen molar-refractivity contribution in [1.82, 2.24) is 4.98 Å². The van der Waals surface area contributed by atoms with E-state index in [9.17, 15) is 4.79 Å². The van der Waals surface area contributed by atoms with E-state index in [4.69, 9.17) is 4.74 Å². The first-order chi connectivity index (χ1) is 10.4. The van der Waals surface area contributed by atoms with Gasteiger partial charge in [0.2, 0.25) is 0 Å². The Morgan fingerprint density at radius 3 is 2.50 bits per heavy atom. The van der Waals surface area contributed by atoms with Gasteiger partial charge in [0.15, 0.2) is 0 Å². The Hall–Kier alpha value is -2.62. The van der Waals surface area contributed by atoms with Crippen LogP contribution in [0, 0.1) is 0 Å². The van der Waals surface area contributed by atoms with Gasteiger partial charge in [-0.2, -0.15) is 0 Å². The van der Waals surface area contributed by atoms with Gasteiger partial charge in [-0.3, -0.25) is 10.3 Å². The monoisotopic (exact) mass is 296 g/mol. The number of hydrogen-bond donors (Lipinski definition) is 1. The first-order valence-electron chi connectivity index (χ1n) is 7.05. The quantitative estimate of drug-likeness (QED) is 0.908. The SMILES string of the molecule is C=C(c1ccccc1)c1ccncc1NC(=O)OC(C)(C)C. The molecule has 2 aromatic rings. The van der Waals surface area contributed by atoms with Crippen molar-refractivity contribution in [1.29, 1.82) is 0 Å². The minimum atomic E-state index is -0.553. The lowest BCUT2D eigenvalue weighted by Crippen LogP contribution is -2.27. The van der Waals surface area contributed by atoms with Gasteiger partial charge < -0.3 is 4.74 Å². The molecular formula is C18H20N2O2. The van der Waals surface area contributed by atoms with E-state index < -0.39 is 11.7 Å². The lowest BCUT2D eigenvalue weighted by Gasteiger charge is -2.20. The molecule has 0 spiro atoms. The van der Waals surface area contributed by atoms with E-state index >= 15 is 0 Å². The molecule has 1 N–H and O–H groups in total. The van der Waals surface area contributed by atoms with Crippen molar-refractivity contribution >= 4 is 17.4 Å². The highest BCUT2D eigenvalue weighted by atomic mass is 16.6. The number of amides is 1. The number of ether oxygens (including phenoxy) is 1. The molecule has 0 aliphatic carbocycles. The van der Waals surface area contributed by atoms with Crippen LogP contribution >= 0.6 is 0 Å². The van der Waals surface area contributed by atoms with Gasteiger partial charge in [-0.05, 0) is 38.0 Å². The lowest BCUT2D eigenvalue weighted by molar-refractivity contribution is 0.0636. The maximum Gasteiger partial charge on any atom is 0.412 e. The number of carbonyl (C=O) groups is 1. The van der Waals surface area contributed by atoms with E-state index in [1.54, 1.807) is 12.4 Å². The molecule has 22 heavy (non-hydrogen) atoms. The van der Waals surface area contributed by atoms with Crippen LogP contribution < -0.4 is 5.32 Å². The lowest BCUT2D eigenvalue weighted by atomic mass is 9.99. The second-order valence-corrected chi connectivity index (χ2v) is 5.89. The highest BCUT2D eigenvalue weighted by Crippen LogP contribution is 2.27. The van der Waals surface area contributed by atoms with Crippen LogP contribution in [0.4, 0.5) is 10.5 Å². The highest BCUT2D eigenvalue weighted by molar-refractivity contribution is 5.92. The van der Waals surface area contributed by atoms with Crippen molar-refractivity contribution < 1.29 is 9.53 Å². The molecular weight excluding hydrogens is 276 g/mol. The number of anilines is 1. The predicted octanol–water partition coefficient (Wildman–Crippen LogP) is 4.49. The molecule has 1 aromatic heterocycles. The third-order valence-corrected chi connectivity index (χ3v) is 2.90. The summed E-state index contributed by atoms with van der Waals surface area (Å²) in [6.45, 7) is 9.58. The van der Waals surface area contributed by atoms with Crippen molar-refractivity contribution in [2.45, 2.75) is 26.4 Å². The maximum absolute atomic E-state index is 11.9. The third-order valence-electron chi connectivity index (χ3n) is 2.90. The Morgan fingerprint density at radius 1 is 1.18 bits per heavy atom. The number of nitrogens with one attached hydrogen (secondary N) is 1. The van der Waals surface area contributed by atoms with E-state index in [-0.39, 0.29) is 0 Å². The Kier molecular flexibility index (Phi) is 4.61. The largest absolute Gasteiger partial charge is 0.444 e. The maximum atomic E-state index is 11.9. The zero-order chi connectivity index (χ0) is 16.2. The molecule has 0 aliphatic heterocycles. The standard InChI is InChI=1S/C18H20N2O2/c1-13(14-8-6-5-7-9-14)15-10-11-19-12-16(15)20-17(21)22-18(2,3)4/h5-12H,1H2,2-4H3,(H,20,21). The summed E-state index contributed by atoms with van der Waals surface area (Å²) in [5.41, 5.74) is 2.63. The molecule has 2 rings (SSSR count). The third kappa shape index (κ3) is 4.19. The fraction of sp³-hybridized carbons (Fsp3) is 0.222. The molecule has 114 valence electrons. The van der Waals surface area contributed by atoms with Gasteiger partial charge >= 0.3 is 6.09 Å². The summed E-state index contributed by atoms with van der Waals surface area (Å²) in [5, 5.41) is 2.73. The van der Waals surface area contributed by atoms with Crippen LogP contribution in [0.1, 0.15) is 31.9 Å². The van der Waals surface area contributed by atoms with Crippen LogP contribution in [-0.4, -0.2) is 16.7 Å². The number of rotatable bonds is 3. The van der Waals surface area contributed by atoms with Gasteiger partial charge in [0.05, 0.1) is 11.9 Å². The number of hydrogen-bond acceptors (Lipinski definition) is 3. The summed E-state index contributed by atoms with van der Waals surface area (Å²) >= 11 is 0. The summed E-state index contributed by atoms with van der Waals surface area (Å²) in [6, 6.07) is 11.6. The van der Waals surface area contributed by atoms with E-state index in [0.29, 0.717) is 5.69 Å². The minimum Gasteiger partial charge on any atom is -0.444 e. The first kappa shape index (κ1) is 15.8. The fourth-order valence-electron chi connectivity index (χ4n) is 1.97. The summed E-state index contributed by atoms with van der Waals surface area (Å²) in [5.74, 6) is 0. The van der Waals surface area contributed by atoms with E-state index in [2.05, 4.69) is 16.9 Å². The molecule has 0 unspecified atom stereocenters. The molecule has 0 fully saturated rings. The molecule has 1 aromatic carbocycles. The molecule has 0 bridgehead atoms. The number of carbonyl (C=O) groups excluding carboxylic acids is 1. The Bertz CT molecular complexity index is 673. The number of pyridine rings is 1. The molecule has 0 saturated carbocycles. The molecule has 1 amide bonds. The van der Waals surface area contributed by atoms with Crippen LogP contribution in [-0.2, 0) is 4.74 Å². The second kappa shape index (κ2) is 6.43. The van der Waals surface area contributed by atoms with E-state index in [1.807, 2.05) is 57.2 Å². The van der Waals surface area contributed by atoms with Crippen molar-refractivity contribution in [3.05, 3.63) is 66.5 Å². The summed E-state index contributed by atoms with van der Waals surface area (Å²) in [4.78, 5) is 16.0. The van der Waals surface area contributed by atoms with Crippen molar-refractivity contribution in [3.8, 4) is 0 Å². The van der Waals surface area contributed by atoms with E-state index in [0.717, 1.165) is 16.7 Å². The van der Waals surface area contributed by atoms with Gasteiger partial charge in [0.1, 0.15) is 5.60 Å². The molecule has 4 heteroatoms. The normalized spacial score (nSPS) is 10.9. The zero-order valence-corrected chi connectivity index (χ0v) is 13.1. The summed E-state index contributed by atoms with van der Waals surface area (Å²) in [7, 11) is 0. The van der Waals surface area contributed by atoms with Gasteiger partial charge in [-0.25, -0.2) is 4.79 Å². The minimum absolute atomic E-state index is 0.511. The number of benzene rings is 1. The van der Waals surface area contributed by atoms with Gasteiger partial charge in [0.25, 0.3) is 0 Å². The molecule has 0 aliphatic rings. The predicted molar refractivity (Wildman–Crippen MR) is 88.7 cm³/mol. The second-order valence-electron chi connectivity index (χ2n) is 5.89. The first-order valence-corrected chi connectivity index (χ1v) is 7.05. The number of nitrogens with zero attached hydrogens (tertiary/aromatic N) is 1. The van der Waals surface area contributed by atoms with Crippen molar-refractivity contribution in [3.63, 3.8) is 0 Å². The zero-order valence-electron chi connectivity index (χ0n) is 13.1. The van der Waals surface area contributed by atoms with Gasteiger partial charge in [0, 0.05) is 11.8 Å². The molecule has 4 nitrogen and oxygen atoms in total. The van der Waals surface area contributed by atoms with Crippen LogP contribution in [0.25, 0.3) is 5.57 Å². The van der Waals surface area contributed by atoms with Crippen LogP contribution in [0.2, 0.25) is 0 Å². The topological polar surface area (TPSA) is 51.2 Å². The van der Waals surface area contributed by atoms with Crippen LogP contribution in [0.5, 0.6) is 0 Å². The molecule has 0 radical (unpaired) electrons. The van der Waals surface area contributed by atoms with Crippen LogP contribution in [0.3, 0.4) is 0 Å². The van der Waals surface area contributed by atoms with Crippen molar-refractivity contribution in [2.24, 2.45) is 0 Å². The van der Waals surface area contributed by atoms with Crippen molar-refractivity contribution in [2.75, 3.05) is 5.32 Å². The van der Waals surface area contributed by atoms with Gasteiger partial charge in [-0.1, -0.05) is 36.9 Å². The Balaban J connectivity index is 2.24. The average Bonchev–Trinajstić information content (AvgIpc) is 2.46. The number of aromatic nitrogens is 1. The smallest absolute Gasteiger partial charge is 0.412 e. The summed E-state index contributed by atoms with van der Waals surface area (Å²) < 4.78 is 5.27.